The summed E-state index contributed by atoms with van der Waals surface area (Å²) in [6.45, 7) is 1.81. The van der Waals surface area contributed by atoms with E-state index in [1.165, 1.54) is 0 Å². The SMILES string of the molecule is CC1(O)c2ccccc2-c2ccc(CC#N)cc21. The number of hydrogen-bond donors (Lipinski definition) is 1. The van der Waals surface area contributed by atoms with E-state index < -0.39 is 5.60 Å². The topological polar surface area (TPSA) is 44.0 Å². The molecular formula is C16H13NO. The van der Waals surface area contributed by atoms with E-state index in [2.05, 4.69) is 6.07 Å². The van der Waals surface area contributed by atoms with E-state index in [0.29, 0.717) is 6.42 Å². The number of rotatable bonds is 1. The zero-order valence-electron chi connectivity index (χ0n) is 10.1. The number of benzene rings is 2. The van der Waals surface area contributed by atoms with Gasteiger partial charge in [0.1, 0.15) is 5.60 Å². The average Bonchev–Trinajstić information content (AvgIpc) is 2.60. The van der Waals surface area contributed by atoms with Crippen molar-refractivity contribution in [3.63, 3.8) is 0 Å². The maximum absolute atomic E-state index is 10.7. The summed E-state index contributed by atoms with van der Waals surface area (Å²) in [4.78, 5) is 0. The van der Waals surface area contributed by atoms with Crippen LogP contribution in [0.25, 0.3) is 11.1 Å². The van der Waals surface area contributed by atoms with Crippen molar-refractivity contribution >= 4 is 0 Å². The quantitative estimate of drug-likeness (QED) is 0.825. The first-order chi connectivity index (χ1) is 8.64. The third kappa shape index (κ3) is 1.38. The highest BCUT2D eigenvalue weighted by atomic mass is 16.3. The molecule has 1 aliphatic rings. The van der Waals surface area contributed by atoms with Gasteiger partial charge in [-0.1, -0.05) is 42.5 Å². The lowest BCUT2D eigenvalue weighted by Gasteiger charge is -2.20. The molecule has 0 spiro atoms. The summed E-state index contributed by atoms with van der Waals surface area (Å²) in [6, 6.07) is 16.0. The Hall–Kier alpha value is -2.11. The van der Waals surface area contributed by atoms with Gasteiger partial charge in [0.15, 0.2) is 0 Å². The van der Waals surface area contributed by atoms with Gasteiger partial charge in [0.2, 0.25) is 0 Å². The Morgan fingerprint density at radius 3 is 2.61 bits per heavy atom. The predicted octanol–water partition coefficient (Wildman–Crippen LogP) is 2.99. The lowest BCUT2D eigenvalue weighted by atomic mass is 9.92. The number of fused-ring (bicyclic) bond motifs is 3. The minimum atomic E-state index is -0.961. The molecule has 0 bridgehead atoms. The van der Waals surface area contributed by atoms with Gasteiger partial charge in [-0.2, -0.15) is 5.26 Å². The van der Waals surface area contributed by atoms with Crippen LogP contribution in [0, 0.1) is 11.3 Å². The van der Waals surface area contributed by atoms with Crippen LogP contribution in [0.3, 0.4) is 0 Å². The highest BCUT2D eigenvalue weighted by Gasteiger charge is 2.37. The molecule has 1 unspecified atom stereocenters. The molecule has 0 heterocycles. The first kappa shape index (κ1) is 11.0. The Kier molecular flexibility index (Phi) is 2.26. The largest absolute Gasteiger partial charge is 0.381 e. The van der Waals surface area contributed by atoms with Gasteiger partial charge in [0.25, 0.3) is 0 Å². The van der Waals surface area contributed by atoms with Crippen molar-refractivity contribution in [2.24, 2.45) is 0 Å². The second-order valence-electron chi connectivity index (χ2n) is 4.83. The summed E-state index contributed by atoms with van der Waals surface area (Å²) in [5, 5.41) is 19.5. The molecule has 1 aliphatic carbocycles. The van der Waals surface area contributed by atoms with E-state index in [9.17, 15) is 5.11 Å². The molecule has 0 saturated carbocycles. The summed E-state index contributed by atoms with van der Waals surface area (Å²) in [5.41, 5.74) is 3.98. The zero-order valence-corrected chi connectivity index (χ0v) is 10.1. The van der Waals surface area contributed by atoms with Crippen LogP contribution in [0.4, 0.5) is 0 Å². The van der Waals surface area contributed by atoms with E-state index in [4.69, 9.17) is 5.26 Å². The Morgan fingerprint density at radius 1 is 1.11 bits per heavy atom. The fourth-order valence-electron chi connectivity index (χ4n) is 2.72. The molecule has 2 aromatic carbocycles. The van der Waals surface area contributed by atoms with Crippen LogP contribution in [-0.4, -0.2) is 5.11 Å². The zero-order chi connectivity index (χ0) is 12.8. The fraction of sp³-hybridized carbons (Fsp3) is 0.188. The normalized spacial score (nSPS) is 20.1. The van der Waals surface area contributed by atoms with E-state index in [1.54, 1.807) is 0 Å². The Bertz CT molecular complexity index is 665. The van der Waals surface area contributed by atoms with E-state index in [0.717, 1.165) is 27.8 Å². The molecule has 0 amide bonds. The molecule has 2 aromatic rings. The van der Waals surface area contributed by atoms with Gasteiger partial charge in [-0.15, -0.1) is 0 Å². The molecule has 88 valence electrons. The summed E-state index contributed by atoms with van der Waals surface area (Å²) in [6.07, 6.45) is 0.375. The van der Waals surface area contributed by atoms with Crippen molar-refractivity contribution in [3.05, 3.63) is 59.2 Å². The van der Waals surface area contributed by atoms with E-state index in [-0.39, 0.29) is 0 Å². The highest BCUT2D eigenvalue weighted by molar-refractivity contribution is 5.80. The number of hydrogen-bond acceptors (Lipinski definition) is 2. The fourth-order valence-corrected chi connectivity index (χ4v) is 2.72. The maximum atomic E-state index is 10.7. The monoisotopic (exact) mass is 235 g/mol. The van der Waals surface area contributed by atoms with Crippen molar-refractivity contribution < 1.29 is 5.11 Å². The minimum Gasteiger partial charge on any atom is -0.381 e. The number of aliphatic hydroxyl groups is 1. The van der Waals surface area contributed by atoms with Crippen molar-refractivity contribution in [2.45, 2.75) is 18.9 Å². The first-order valence-corrected chi connectivity index (χ1v) is 5.97. The van der Waals surface area contributed by atoms with Crippen LogP contribution < -0.4 is 0 Å². The molecule has 1 atom stereocenters. The molecule has 0 aliphatic heterocycles. The lowest BCUT2D eigenvalue weighted by molar-refractivity contribution is 0.107. The Morgan fingerprint density at radius 2 is 1.83 bits per heavy atom. The molecule has 0 radical (unpaired) electrons. The van der Waals surface area contributed by atoms with E-state index in [1.807, 2.05) is 49.4 Å². The molecule has 2 heteroatoms. The van der Waals surface area contributed by atoms with Gasteiger partial charge >= 0.3 is 0 Å². The number of nitriles is 1. The molecule has 18 heavy (non-hydrogen) atoms. The number of nitrogens with zero attached hydrogens (tertiary/aromatic N) is 1. The van der Waals surface area contributed by atoms with Crippen LogP contribution in [0.2, 0.25) is 0 Å². The van der Waals surface area contributed by atoms with Gasteiger partial charge in [0, 0.05) is 0 Å². The molecule has 0 aromatic heterocycles. The van der Waals surface area contributed by atoms with Gasteiger partial charge in [-0.3, -0.25) is 0 Å². The van der Waals surface area contributed by atoms with Crippen molar-refractivity contribution in [2.75, 3.05) is 0 Å². The average molecular weight is 235 g/mol. The Labute approximate surface area is 106 Å². The first-order valence-electron chi connectivity index (χ1n) is 5.97. The smallest absolute Gasteiger partial charge is 0.113 e. The van der Waals surface area contributed by atoms with Gasteiger partial charge < -0.3 is 5.11 Å². The van der Waals surface area contributed by atoms with Crippen molar-refractivity contribution in [3.8, 4) is 17.2 Å². The minimum absolute atomic E-state index is 0.375. The third-order valence-electron chi connectivity index (χ3n) is 3.63. The second-order valence-corrected chi connectivity index (χ2v) is 4.83. The van der Waals surface area contributed by atoms with Crippen LogP contribution in [0.15, 0.2) is 42.5 Å². The Balaban J connectivity index is 2.25. The molecule has 1 N–H and O–H groups in total. The van der Waals surface area contributed by atoms with Gasteiger partial charge in [0.05, 0.1) is 12.5 Å². The lowest BCUT2D eigenvalue weighted by Crippen LogP contribution is -2.19. The molecule has 0 saturated heterocycles. The second kappa shape index (κ2) is 3.69. The van der Waals surface area contributed by atoms with E-state index >= 15 is 0 Å². The predicted molar refractivity (Wildman–Crippen MR) is 69.9 cm³/mol. The van der Waals surface area contributed by atoms with Crippen LogP contribution in [0.1, 0.15) is 23.6 Å². The molecule has 0 fully saturated rings. The molecular weight excluding hydrogens is 222 g/mol. The maximum Gasteiger partial charge on any atom is 0.113 e. The van der Waals surface area contributed by atoms with Gasteiger partial charge in [-0.05, 0) is 34.7 Å². The summed E-state index contributed by atoms with van der Waals surface area (Å²) in [7, 11) is 0. The summed E-state index contributed by atoms with van der Waals surface area (Å²) < 4.78 is 0. The molecule has 3 rings (SSSR count). The van der Waals surface area contributed by atoms with Crippen molar-refractivity contribution in [1.29, 1.82) is 5.26 Å². The van der Waals surface area contributed by atoms with Crippen LogP contribution >= 0.6 is 0 Å². The van der Waals surface area contributed by atoms with Crippen LogP contribution in [-0.2, 0) is 12.0 Å². The molecule has 2 nitrogen and oxygen atoms in total. The summed E-state index contributed by atoms with van der Waals surface area (Å²) >= 11 is 0. The summed E-state index contributed by atoms with van der Waals surface area (Å²) in [5.74, 6) is 0. The standard InChI is InChI=1S/C16H13NO/c1-16(18)14-5-3-2-4-12(14)13-7-6-11(8-9-17)10-15(13)16/h2-7,10,18H,8H2,1H3. The van der Waals surface area contributed by atoms with Crippen LogP contribution in [0.5, 0.6) is 0 Å². The van der Waals surface area contributed by atoms with Crippen molar-refractivity contribution in [1.82, 2.24) is 0 Å². The highest BCUT2D eigenvalue weighted by Crippen LogP contribution is 2.47. The van der Waals surface area contributed by atoms with Gasteiger partial charge in [-0.25, -0.2) is 0 Å². The third-order valence-corrected chi connectivity index (χ3v) is 3.63.